The summed E-state index contributed by atoms with van der Waals surface area (Å²) in [7, 11) is 0. The van der Waals surface area contributed by atoms with Crippen LogP contribution in [0.1, 0.15) is 97.3 Å². The first-order chi connectivity index (χ1) is 14.2. The lowest BCUT2D eigenvalue weighted by atomic mass is 10.1. The second-order valence-corrected chi connectivity index (χ2v) is 7.68. The minimum atomic E-state index is -0.860. The van der Waals surface area contributed by atoms with Gasteiger partial charge in [-0.15, -0.1) is 0 Å². The number of aliphatic hydroxyl groups excluding tert-OH is 2. The number of unbranched alkanes of at least 4 members (excludes halogenated alkanes) is 8. The van der Waals surface area contributed by atoms with Gasteiger partial charge in [0.1, 0.15) is 0 Å². The molecule has 0 rings (SSSR count). The molecule has 2 atom stereocenters. The first kappa shape index (κ1) is 27.6. The highest BCUT2D eigenvalue weighted by atomic mass is 16.3. The maximum Gasteiger partial charge on any atom is 0.220 e. The standard InChI is InChI=1S/C25H45NO3/c1-3-5-7-9-11-12-13-14-15-16-18-20-24(28)23(22-27)26-25(29)21-19-17-10-8-6-4-2/h7,9,13-14,18,20,23-24,27-28H,3-6,8,10-12,15-17,19,21-22H2,1-2H3,(H,26,29)/b9-7+,14-13+,20-18+. The molecule has 0 spiro atoms. The second-order valence-electron chi connectivity index (χ2n) is 7.68. The summed E-state index contributed by atoms with van der Waals surface area (Å²) in [4.78, 5) is 12.0. The van der Waals surface area contributed by atoms with Crippen LogP contribution in [0.5, 0.6) is 0 Å². The van der Waals surface area contributed by atoms with E-state index >= 15 is 0 Å². The summed E-state index contributed by atoms with van der Waals surface area (Å²) in [6.45, 7) is 4.11. The van der Waals surface area contributed by atoms with E-state index in [0.29, 0.717) is 6.42 Å². The van der Waals surface area contributed by atoms with Crippen molar-refractivity contribution in [3.05, 3.63) is 36.5 Å². The van der Waals surface area contributed by atoms with Crippen LogP contribution in [-0.2, 0) is 4.79 Å². The number of allylic oxidation sites excluding steroid dienone is 5. The maximum absolute atomic E-state index is 12.0. The van der Waals surface area contributed by atoms with Gasteiger partial charge in [-0.3, -0.25) is 4.79 Å². The Bertz CT molecular complexity index is 457. The molecule has 0 aliphatic heterocycles. The number of carbonyl (C=O) groups is 1. The zero-order chi connectivity index (χ0) is 21.6. The van der Waals surface area contributed by atoms with Crippen molar-refractivity contribution in [2.24, 2.45) is 0 Å². The molecule has 1 amide bonds. The Morgan fingerprint density at radius 1 is 0.793 bits per heavy atom. The summed E-state index contributed by atoms with van der Waals surface area (Å²) < 4.78 is 0. The molecule has 0 aliphatic carbocycles. The molecule has 0 bridgehead atoms. The summed E-state index contributed by atoms with van der Waals surface area (Å²) in [5.74, 6) is -0.0945. The van der Waals surface area contributed by atoms with Gasteiger partial charge in [0, 0.05) is 6.42 Å². The molecule has 29 heavy (non-hydrogen) atoms. The van der Waals surface area contributed by atoms with Crippen LogP contribution >= 0.6 is 0 Å². The van der Waals surface area contributed by atoms with Crippen molar-refractivity contribution in [3.63, 3.8) is 0 Å². The van der Waals surface area contributed by atoms with E-state index in [9.17, 15) is 15.0 Å². The van der Waals surface area contributed by atoms with E-state index in [1.54, 1.807) is 6.08 Å². The topological polar surface area (TPSA) is 69.6 Å². The number of hydrogen-bond acceptors (Lipinski definition) is 3. The van der Waals surface area contributed by atoms with Crippen LogP contribution in [0.25, 0.3) is 0 Å². The van der Waals surface area contributed by atoms with Crippen molar-refractivity contribution in [2.45, 2.75) is 109 Å². The van der Waals surface area contributed by atoms with E-state index in [-0.39, 0.29) is 12.5 Å². The van der Waals surface area contributed by atoms with Gasteiger partial charge in [-0.2, -0.15) is 0 Å². The fourth-order valence-corrected chi connectivity index (χ4v) is 2.98. The first-order valence-corrected chi connectivity index (χ1v) is 11.7. The molecule has 0 aromatic carbocycles. The third-order valence-corrected chi connectivity index (χ3v) is 4.83. The Kier molecular flexibility index (Phi) is 20.3. The van der Waals surface area contributed by atoms with Gasteiger partial charge in [-0.05, 0) is 38.5 Å². The Balaban J connectivity index is 3.91. The normalized spacial score (nSPS) is 14.2. The molecule has 0 saturated heterocycles. The van der Waals surface area contributed by atoms with Gasteiger partial charge >= 0.3 is 0 Å². The largest absolute Gasteiger partial charge is 0.394 e. The minimum absolute atomic E-state index is 0.0945. The SMILES string of the molecule is CCC/C=C/CC/C=C/CC/C=C/C(O)C(CO)NC(=O)CCCCCCCC. The fourth-order valence-electron chi connectivity index (χ4n) is 2.98. The summed E-state index contributed by atoms with van der Waals surface area (Å²) in [5, 5.41) is 22.4. The van der Waals surface area contributed by atoms with Crippen molar-refractivity contribution < 1.29 is 15.0 Å². The number of amides is 1. The minimum Gasteiger partial charge on any atom is -0.394 e. The number of nitrogens with one attached hydrogen (secondary N) is 1. The van der Waals surface area contributed by atoms with Crippen LogP contribution in [0, 0.1) is 0 Å². The molecule has 2 unspecified atom stereocenters. The molecular formula is C25H45NO3. The molecule has 3 N–H and O–H groups in total. The predicted octanol–water partition coefficient (Wildman–Crippen LogP) is 5.60. The molecule has 4 nitrogen and oxygen atoms in total. The number of rotatable bonds is 19. The number of carbonyl (C=O) groups excluding carboxylic acids is 1. The lowest BCUT2D eigenvalue weighted by Crippen LogP contribution is -2.45. The number of hydrogen-bond donors (Lipinski definition) is 3. The number of aliphatic hydroxyl groups is 2. The van der Waals surface area contributed by atoms with Crippen LogP contribution in [0.3, 0.4) is 0 Å². The molecule has 0 saturated carbocycles. The molecule has 0 aromatic rings. The van der Waals surface area contributed by atoms with Crippen molar-refractivity contribution in [1.29, 1.82) is 0 Å². The molecule has 0 aliphatic rings. The van der Waals surface area contributed by atoms with E-state index in [1.165, 1.54) is 32.1 Å². The van der Waals surface area contributed by atoms with Crippen LogP contribution < -0.4 is 5.32 Å². The van der Waals surface area contributed by atoms with E-state index in [0.717, 1.165) is 44.9 Å². The molecule has 0 aromatic heterocycles. The van der Waals surface area contributed by atoms with Crippen LogP contribution in [0.2, 0.25) is 0 Å². The first-order valence-electron chi connectivity index (χ1n) is 11.7. The van der Waals surface area contributed by atoms with Gasteiger partial charge in [0.05, 0.1) is 18.8 Å². The van der Waals surface area contributed by atoms with E-state index in [4.69, 9.17) is 0 Å². The highest BCUT2D eigenvalue weighted by molar-refractivity contribution is 5.76. The van der Waals surface area contributed by atoms with Crippen LogP contribution in [-0.4, -0.2) is 34.9 Å². The summed E-state index contributed by atoms with van der Waals surface area (Å²) in [5.41, 5.74) is 0. The van der Waals surface area contributed by atoms with E-state index < -0.39 is 12.1 Å². The van der Waals surface area contributed by atoms with Gasteiger partial charge in [0.2, 0.25) is 5.91 Å². The lowest BCUT2D eigenvalue weighted by molar-refractivity contribution is -0.123. The third kappa shape index (κ3) is 18.4. The zero-order valence-corrected chi connectivity index (χ0v) is 18.8. The Morgan fingerprint density at radius 2 is 1.34 bits per heavy atom. The van der Waals surface area contributed by atoms with Crippen LogP contribution in [0.4, 0.5) is 0 Å². The average Bonchev–Trinajstić information content (AvgIpc) is 2.72. The average molecular weight is 408 g/mol. The molecule has 0 heterocycles. The van der Waals surface area contributed by atoms with Gasteiger partial charge < -0.3 is 15.5 Å². The van der Waals surface area contributed by atoms with Crippen molar-refractivity contribution in [3.8, 4) is 0 Å². The third-order valence-electron chi connectivity index (χ3n) is 4.83. The van der Waals surface area contributed by atoms with Gasteiger partial charge in [-0.1, -0.05) is 88.8 Å². The maximum atomic E-state index is 12.0. The molecular weight excluding hydrogens is 362 g/mol. The van der Waals surface area contributed by atoms with Crippen molar-refractivity contribution in [1.82, 2.24) is 5.32 Å². The Labute approximate surface area is 179 Å². The summed E-state index contributed by atoms with van der Waals surface area (Å²) in [6, 6.07) is -0.635. The van der Waals surface area contributed by atoms with Crippen LogP contribution in [0.15, 0.2) is 36.5 Å². The fraction of sp³-hybridized carbons (Fsp3) is 0.720. The van der Waals surface area contributed by atoms with Gasteiger partial charge in [0.25, 0.3) is 0 Å². The Hall–Kier alpha value is -1.39. The van der Waals surface area contributed by atoms with Crippen molar-refractivity contribution >= 4 is 5.91 Å². The molecule has 168 valence electrons. The summed E-state index contributed by atoms with van der Waals surface area (Å²) >= 11 is 0. The highest BCUT2D eigenvalue weighted by Crippen LogP contribution is 2.07. The second kappa shape index (κ2) is 21.3. The van der Waals surface area contributed by atoms with E-state index in [2.05, 4.69) is 43.5 Å². The van der Waals surface area contributed by atoms with E-state index in [1.807, 2.05) is 6.08 Å². The summed E-state index contributed by atoms with van der Waals surface area (Å²) in [6.07, 6.45) is 25.1. The van der Waals surface area contributed by atoms with Gasteiger partial charge in [-0.25, -0.2) is 0 Å². The van der Waals surface area contributed by atoms with Crippen molar-refractivity contribution in [2.75, 3.05) is 6.61 Å². The molecule has 0 fully saturated rings. The lowest BCUT2D eigenvalue weighted by Gasteiger charge is -2.19. The smallest absolute Gasteiger partial charge is 0.220 e. The monoisotopic (exact) mass is 407 g/mol. The highest BCUT2D eigenvalue weighted by Gasteiger charge is 2.17. The van der Waals surface area contributed by atoms with Gasteiger partial charge in [0.15, 0.2) is 0 Å². The Morgan fingerprint density at radius 3 is 1.93 bits per heavy atom. The molecule has 4 heteroatoms. The quantitative estimate of drug-likeness (QED) is 0.193. The molecule has 0 radical (unpaired) electrons. The predicted molar refractivity (Wildman–Crippen MR) is 124 cm³/mol. The zero-order valence-electron chi connectivity index (χ0n) is 18.8.